The van der Waals surface area contributed by atoms with Gasteiger partial charge in [0.25, 0.3) is 0 Å². The van der Waals surface area contributed by atoms with Crippen molar-refractivity contribution in [2.24, 2.45) is 5.92 Å². The van der Waals surface area contributed by atoms with Crippen LogP contribution in [0.1, 0.15) is 17.5 Å². The Morgan fingerprint density at radius 2 is 1.90 bits per heavy atom. The van der Waals surface area contributed by atoms with Crippen LogP contribution >= 0.6 is 0 Å². The quantitative estimate of drug-likeness (QED) is 0.915. The van der Waals surface area contributed by atoms with E-state index in [0.29, 0.717) is 18.6 Å². The van der Waals surface area contributed by atoms with Gasteiger partial charge in [-0.05, 0) is 42.5 Å². The first-order valence-electron chi connectivity index (χ1n) is 7.65. The number of rotatable bonds is 5. The topological polar surface area (TPSA) is 34.1 Å². The van der Waals surface area contributed by atoms with Crippen LogP contribution in [0.15, 0.2) is 54.9 Å². The van der Waals surface area contributed by atoms with Gasteiger partial charge in [0.2, 0.25) is 0 Å². The monoisotopic (exact) mass is 282 g/mol. The summed E-state index contributed by atoms with van der Waals surface area (Å²) in [6, 6.07) is 14.7. The Balaban J connectivity index is 1.49. The molecule has 0 radical (unpaired) electrons. The minimum Gasteiger partial charge on any atom is -0.372 e. The second-order valence-electron chi connectivity index (χ2n) is 5.74. The summed E-state index contributed by atoms with van der Waals surface area (Å²) in [6.45, 7) is 2.69. The average molecular weight is 282 g/mol. The summed E-state index contributed by atoms with van der Waals surface area (Å²) in [6.07, 6.45) is 6.22. The molecule has 0 amide bonds. The fraction of sp³-hybridized carbons (Fsp3) is 0.389. The highest BCUT2D eigenvalue weighted by Gasteiger charge is 2.22. The molecule has 1 aliphatic heterocycles. The highest BCUT2D eigenvalue weighted by atomic mass is 16.5. The van der Waals surface area contributed by atoms with Crippen LogP contribution in [0.5, 0.6) is 0 Å². The molecule has 3 heteroatoms. The third-order valence-electron chi connectivity index (χ3n) is 3.98. The summed E-state index contributed by atoms with van der Waals surface area (Å²) in [5, 5.41) is 3.50. The molecule has 1 aliphatic rings. The molecule has 110 valence electrons. The first-order valence-corrected chi connectivity index (χ1v) is 7.65. The Hall–Kier alpha value is -1.71. The molecule has 2 atom stereocenters. The van der Waals surface area contributed by atoms with Gasteiger partial charge in [0.05, 0.1) is 12.7 Å². The lowest BCUT2D eigenvalue weighted by Crippen LogP contribution is -2.41. The fourth-order valence-corrected chi connectivity index (χ4v) is 2.91. The lowest BCUT2D eigenvalue weighted by molar-refractivity contribution is 0.0113. The number of nitrogens with zero attached hydrogens (tertiary/aromatic N) is 1. The molecular formula is C18H22N2O. The van der Waals surface area contributed by atoms with Gasteiger partial charge in [0, 0.05) is 18.9 Å². The molecule has 3 rings (SSSR count). The summed E-state index contributed by atoms with van der Waals surface area (Å²) < 4.78 is 6.03. The van der Waals surface area contributed by atoms with Crippen molar-refractivity contribution in [2.45, 2.75) is 25.6 Å². The maximum absolute atomic E-state index is 6.03. The predicted molar refractivity (Wildman–Crippen MR) is 83.9 cm³/mol. The molecule has 0 aliphatic carbocycles. The molecule has 1 saturated heterocycles. The van der Waals surface area contributed by atoms with Gasteiger partial charge < -0.3 is 10.1 Å². The Morgan fingerprint density at radius 1 is 1.05 bits per heavy atom. The number of hydrogen-bond acceptors (Lipinski definition) is 3. The van der Waals surface area contributed by atoms with Crippen LogP contribution in [0.3, 0.4) is 0 Å². The lowest BCUT2D eigenvalue weighted by atomic mass is 9.91. The zero-order chi connectivity index (χ0) is 14.3. The van der Waals surface area contributed by atoms with Crippen LogP contribution in [-0.4, -0.2) is 24.2 Å². The summed E-state index contributed by atoms with van der Waals surface area (Å²) in [4.78, 5) is 4.12. The predicted octanol–water partition coefficient (Wildman–Crippen LogP) is 2.82. The number of benzene rings is 1. The van der Waals surface area contributed by atoms with Gasteiger partial charge in [-0.1, -0.05) is 36.4 Å². The third kappa shape index (κ3) is 4.38. The molecular weight excluding hydrogens is 260 g/mol. The zero-order valence-corrected chi connectivity index (χ0v) is 12.2. The number of piperidine rings is 1. The lowest BCUT2D eigenvalue weighted by Gasteiger charge is -2.30. The minimum absolute atomic E-state index is 0.299. The van der Waals surface area contributed by atoms with Gasteiger partial charge >= 0.3 is 0 Å². The summed E-state index contributed by atoms with van der Waals surface area (Å²) in [5.41, 5.74) is 2.56. The average Bonchev–Trinajstić information content (AvgIpc) is 2.55. The van der Waals surface area contributed by atoms with Crippen LogP contribution in [0.25, 0.3) is 0 Å². The number of hydrogen-bond donors (Lipinski definition) is 1. The van der Waals surface area contributed by atoms with E-state index in [1.807, 2.05) is 12.3 Å². The van der Waals surface area contributed by atoms with Gasteiger partial charge in [0.1, 0.15) is 0 Å². The Morgan fingerprint density at radius 3 is 2.71 bits per heavy atom. The second kappa shape index (κ2) is 7.34. The van der Waals surface area contributed by atoms with Crippen LogP contribution in [0.2, 0.25) is 0 Å². The SMILES string of the molecule is c1ccc(C[C@@H]2CNC[C@H](OCc3cccnc3)C2)cc1. The number of nitrogens with one attached hydrogen (secondary N) is 1. The minimum atomic E-state index is 0.299. The Bertz CT molecular complexity index is 529. The molecule has 0 bridgehead atoms. The van der Waals surface area contributed by atoms with E-state index in [1.165, 1.54) is 5.56 Å². The van der Waals surface area contributed by atoms with Crippen LogP contribution in [0.4, 0.5) is 0 Å². The largest absolute Gasteiger partial charge is 0.372 e. The van der Waals surface area contributed by atoms with Gasteiger partial charge in [-0.25, -0.2) is 0 Å². The highest BCUT2D eigenvalue weighted by Crippen LogP contribution is 2.19. The summed E-state index contributed by atoms with van der Waals surface area (Å²) >= 11 is 0. The van der Waals surface area contributed by atoms with Crippen molar-refractivity contribution >= 4 is 0 Å². The molecule has 3 nitrogen and oxygen atoms in total. The van der Waals surface area contributed by atoms with Gasteiger partial charge in [-0.2, -0.15) is 0 Å². The van der Waals surface area contributed by atoms with Crippen molar-refractivity contribution in [3.8, 4) is 0 Å². The molecule has 0 spiro atoms. The van der Waals surface area contributed by atoms with E-state index in [9.17, 15) is 0 Å². The summed E-state index contributed by atoms with van der Waals surface area (Å²) in [5.74, 6) is 0.653. The van der Waals surface area contributed by atoms with E-state index in [-0.39, 0.29) is 0 Å². The molecule has 1 N–H and O–H groups in total. The Labute approximate surface area is 126 Å². The molecule has 0 saturated carbocycles. The highest BCUT2D eigenvalue weighted by molar-refractivity contribution is 5.15. The molecule has 1 fully saturated rings. The first-order chi connectivity index (χ1) is 10.4. The molecule has 0 unspecified atom stereocenters. The van der Waals surface area contributed by atoms with Crippen molar-refractivity contribution in [3.05, 3.63) is 66.0 Å². The van der Waals surface area contributed by atoms with Gasteiger partial charge in [0.15, 0.2) is 0 Å². The number of ether oxygens (including phenoxy) is 1. The first kappa shape index (κ1) is 14.2. The van der Waals surface area contributed by atoms with Crippen molar-refractivity contribution in [1.82, 2.24) is 10.3 Å². The maximum atomic E-state index is 6.03. The normalized spacial score (nSPS) is 22.1. The van der Waals surface area contributed by atoms with E-state index in [4.69, 9.17) is 4.74 Å². The van der Waals surface area contributed by atoms with Crippen LogP contribution in [0, 0.1) is 5.92 Å². The molecule has 1 aromatic heterocycles. The van der Waals surface area contributed by atoms with Crippen molar-refractivity contribution in [2.75, 3.05) is 13.1 Å². The van der Waals surface area contributed by atoms with Crippen molar-refractivity contribution in [3.63, 3.8) is 0 Å². The van der Waals surface area contributed by atoms with Crippen molar-refractivity contribution in [1.29, 1.82) is 0 Å². The van der Waals surface area contributed by atoms with Crippen LogP contribution < -0.4 is 5.32 Å². The standard InChI is InChI=1S/C18H22N2O/c1-2-5-15(6-3-1)9-17-10-18(13-20-12-17)21-14-16-7-4-8-19-11-16/h1-8,11,17-18,20H,9-10,12-14H2/t17-,18+/m0/s1. The van der Waals surface area contributed by atoms with E-state index in [1.54, 1.807) is 6.20 Å². The van der Waals surface area contributed by atoms with E-state index >= 15 is 0 Å². The fourth-order valence-electron chi connectivity index (χ4n) is 2.91. The van der Waals surface area contributed by atoms with E-state index in [0.717, 1.165) is 31.5 Å². The molecule has 21 heavy (non-hydrogen) atoms. The smallest absolute Gasteiger partial charge is 0.0736 e. The maximum Gasteiger partial charge on any atom is 0.0736 e. The van der Waals surface area contributed by atoms with E-state index in [2.05, 4.69) is 46.7 Å². The van der Waals surface area contributed by atoms with Gasteiger partial charge in [-0.15, -0.1) is 0 Å². The Kier molecular flexibility index (Phi) is 4.98. The second-order valence-corrected chi connectivity index (χ2v) is 5.74. The molecule has 2 heterocycles. The van der Waals surface area contributed by atoms with E-state index < -0.39 is 0 Å². The van der Waals surface area contributed by atoms with Gasteiger partial charge in [-0.3, -0.25) is 4.98 Å². The third-order valence-corrected chi connectivity index (χ3v) is 3.98. The van der Waals surface area contributed by atoms with Crippen LogP contribution in [-0.2, 0) is 17.8 Å². The number of pyridine rings is 1. The molecule has 1 aromatic carbocycles. The molecule has 2 aromatic rings. The van der Waals surface area contributed by atoms with Crippen molar-refractivity contribution < 1.29 is 4.74 Å². The zero-order valence-electron chi connectivity index (χ0n) is 12.2. The summed E-state index contributed by atoms with van der Waals surface area (Å²) in [7, 11) is 0. The number of aromatic nitrogens is 1.